The van der Waals surface area contributed by atoms with Crippen LogP contribution in [-0.2, 0) is 0 Å². The van der Waals surface area contributed by atoms with E-state index in [0.29, 0.717) is 5.92 Å². The monoisotopic (exact) mass is 170 g/mol. The van der Waals surface area contributed by atoms with Crippen molar-refractivity contribution in [2.24, 2.45) is 5.92 Å². The van der Waals surface area contributed by atoms with Gasteiger partial charge in [-0.2, -0.15) is 0 Å². The topological polar surface area (TPSA) is 20.2 Å². The molecule has 1 heteroatoms. The van der Waals surface area contributed by atoms with Gasteiger partial charge in [-0.3, -0.25) is 0 Å². The largest absolute Gasteiger partial charge is 0.393 e. The number of aliphatic hydroxyl groups excluding tert-OH is 1. The lowest BCUT2D eigenvalue weighted by molar-refractivity contribution is 0.136. The zero-order valence-corrected chi connectivity index (χ0v) is 8.80. The average molecular weight is 170 g/mol. The van der Waals surface area contributed by atoms with Crippen LogP contribution in [0, 0.1) is 5.92 Å². The third-order valence-electron chi connectivity index (χ3n) is 2.31. The molecule has 0 rings (SSSR count). The highest BCUT2D eigenvalue weighted by atomic mass is 16.3. The Hall–Kier alpha value is -0.300. The molecule has 1 nitrogen and oxygen atoms in total. The van der Waals surface area contributed by atoms with Crippen LogP contribution >= 0.6 is 0 Å². The Morgan fingerprint density at radius 3 is 2.42 bits per heavy atom. The van der Waals surface area contributed by atoms with E-state index >= 15 is 0 Å². The molecule has 0 aliphatic rings. The van der Waals surface area contributed by atoms with Crippen LogP contribution in [0.25, 0.3) is 0 Å². The van der Waals surface area contributed by atoms with E-state index < -0.39 is 0 Å². The molecule has 0 aromatic rings. The number of allylic oxidation sites excluding steroid dienone is 2. The number of rotatable bonds is 5. The zero-order chi connectivity index (χ0) is 9.56. The molecule has 0 bridgehead atoms. The van der Waals surface area contributed by atoms with Crippen molar-refractivity contribution < 1.29 is 5.11 Å². The molecular weight excluding hydrogens is 148 g/mol. The Bertz CT molecular complexity index is 136. The molecular formula is C11H22O. The van der Waals surface area contributed by atoms with E-state index in [0.717, 1.165) is 6.42 Å². The molecule has 0 aromatic carbocycles. The van der Waals surface area contributed by atoms with Crippen molar-refractivity contribution in [1.29, 1.82) is 0 Å². The fourth-order valence-electron chi connectivity index (χ4n) is 1.08. The van der Waals surface area contributed by atoms with Gasteiger partial charge in [0, 0.05) is 0 Å². The van der Waals surface area contributed by atoms with E-state index in [1.54, 1.807) is 0 Å². The standard InChI is InChI=1S/C11H22O/c1-5-6-9(2)7-8-10(3)11(4)12/h7,10-12H,5-6,8H2,1-4H3. The molecule has 0 spiro atoms. The van der Waals surface area contributed by atoms with Gasteiger partial charge in [0.05, 0.1) is 6.10 Å². The van der Waals surface area contributed by atoms with Gasteiger partial charge in [-0.25, -0.2) is 0 Å². The van der Waals surface area contributed by atoms with Gasteiger partial charge < -0.3 is 5.11 Å². The van der Waals surface area contributed by atoms with Crippen molar-refractivity contribution in [1.82, 2.24) is 0 Å². The summed E-state index contributed by atoms with van der Waals surface area (Å²) in [6.45, 7) is 8.29. The smallest absolute Gasteiger partial charge is 0.0540 e. The summed E-state index contributed by atoms with van der Waals surface area (Å²) in [4.78, 5) is 0. The molecule has 0 saturated heterocycles. The third-order valence-corrected chi connectivity index (χ3v) is 2.31. The molecule has 0 saturated carbocycles. The first kappa shape index (κ1) is 11.7. The molecule has 0 radical (unpaired) electrons. The maximum atomic E-state index is 9.23. The second-order valence-electron chi connectivity index (χ2n) is 3.75. The van der Waals surface area contributed by atoms with Crippen molar-refractivity contribution in [3.05, 3.63) is 11.6 Å². The molecule has 0 aliphatic carbocycles. The summed E-state index contributed by atoms with van der Waals surface area (Å²) in [7, 11) is 0. The molecule has 2 unspecified atom stereocenters. The molecule has 0 heterocycles. The average Bonchev–Trinajstić information content (AvgIpc) is 2.00. The predicted molar refractivity (Wildman–Crippen MR) is 54.1 cm³/mol. The number of hydrogen-bond donors (Lipinski definition) is 1. The van der Waals surface area contributed by atoms with Crippen molar-refractivity contribution in [2.75, 3.05) is 0 Å². The van der Waals surface area contributed by atoms with Crippen LogP contribution in [0.3, 0.4) is 0 Å². The van der Waals surface area contributed by atoms with Crippen LogP contribution in [0.15, 0.2) is 11.6 Å². The molecule has 0 fully saturated rings. The molecule has 0 amide bonds. The Labute approximate surface area is 76.5 Å². The van der Waals surface area contributed by atoms with Crippen molar-refractivity contribution >= 4 is 0 Å². The first-order valence-electron chi connectivity index (χ1n) is 4.91. The van der Waals surface area contributed by atoms with E-state index in [4.69, 9.17) is 0 Å². The summed E-state index contributed by atoms with van der Waals surface area (Å²) in [5.41, 5.74) is 1.45. The molecule has 2 atom stereocenters. The highest BCUT2D eigenvalue weighted by molar-refractivity contribution is 4.98. The van der Waals surface area contributed by atoms with E-state index in [9.17, 15) is 5.11 Å². The summed E-state index contributed by atoms with van der Waals surface area (Å²) in [6.07, 6.45) is 5.47. The number of aliphatic hydroxyl groups is 1. The van der Waals surface area contributed by atoms with E-state index in [1.807, 2.05) is 6.92 Å². The third kappa shape index (κ3) is 5.36. The normalized spacial score (nSPS) is 17.6. The highest BCUT2D eigenvalue weighted by Crippen LogP contribution is 2.12. The Morgan fingerprint density at radius 2 is 2.00 bits per heavy atom. The summed E-state index contributed by atoms with van der Waals surface area (Å²) < 4.78 is 0. The van der Waals surface area contributed by atoms with Crippen molar-refractivity contribution in [3.63, 3.8) is 0 Å². The fraction of sp³-hybridized carbons (Fsp3) is 0.818. The van der Waals surface area contributed by atoms with Crippen LogP contribution < -0.4 is 0 Å². The molecule has 72 valence electrons. The summed E-state index contributed by atoms with van der Waals surface area (Å²) in [5.74, 6) is 0.386. The maximum Gasteiger partial charge on any atom is 0.0540 e. The van der Waals surface area contributed by atoms with Gasteiger partial charge in [0.2, 0.25) is 0 Å². The Morgan fingerprint density at radius 1 is 1.42 bits per heavy atom. The van der Waals surface area contributed by atoms with Crippen LogP contribution in [0.2, 0.25) is 0 Å². The quantitative estimate of drug-likeness (QED) is 0.628. The lowest BCUT2D eigenvalue weighted by Crippen LogP contribution is -2.11. The van der Waals surface area contributed by atoms with E-state index in [1.165, 1.54) is 18.4 Å². The highest BCUT2D eigenvalue weighted by Gasteiger charge is 2.05. The van der Waals surface area contributed by atoms with Gasteiger partial charge in [0.25, 0.3) is 0 Å². The van der Waals surface area contributed by atoms with E-state index in [2.05, 4.69) is 26.8 Å². The van der Waals surface area contributed by atoms with Gasteiger partial charge in [-0.05, 0) is 32.6 Å². The zero-order valence-electron chi connectivity index (χ0n) is 8.80. The van der Waals surface area contributed by atoms with Crippen molar-refractivity contribution in [2.45, 2.75) is 53.1 Å². The fourth-order valence-corrected chi connectivity index (χ4v) is 1.08. The molecule has 12 heavy (non-hydrogen) atoms. The second kappa shape index (κ2) is 6.24. The SMILES string of the molecule is CCCC(C)=CCC(C)C(C)O. The molecule has 0 aliphatic heterocycles. The lowest BCUT2D eigenvalue weighted by atomic mass is 10.00. The van der Waals surface area contributed by atoms with Gasteiger partial charge in [0.1, 0.15) is 0 Å². The second-order valence-corrected chi connectivity index (χ2v) is 3.75. The lowest BCUT2D eigenvalue weighted by Gasteiger charge is -2.12. The van der Waals surface area contributed by atoms with Crippen LogP contribution in [-0.4, -0.2) is 11.2 Å². The minimum Gasteiger partial charge on any atom is -0.393 e. The minimum absolute atomic E-state index is 0.185. The van der Waals surface area contributed by atoms with Crippen LogP contribution in [0.1, 0.15) is 47.0 Å². The van der Waals surface area contributed by atoms with Gasteiger partial charge in [0.15, 0.2) is 0 Å². The first-order valence-corrected chi connectivity index (χ1v) is 4.91. The predicted octanol–water partition coefficient (Wildman–Crippen LogP) is 3.14. The Kier molecular flexibility index (Phi) is 6.09. The van der Waals surface area contributed by atoms with Crippen LogP contribution in [0.5, 0.6) is 0 Å². The first-order chi connectivity index (χ1) is 5.57. The van der Waals surface area contributed by atoms with Gasteiger partial charge in [-0.15, -0.1) is 0 Å². The molecule has 1 N–H and O–H groups in total. The summed E-state index contributed by atoms with van der Waals surface area (Å²) in [5, 5.41) is 9.23. The van der Waals surface area contributed by atoms with E-state index in [-0.39, 0.29) is 6.10 Å². The van der Waals surface area contributed by atoms with Crippen molar-refractivity contribution in [3.8, 4) is 0 Å². The summed E-state index contributed by atoms with van der Waals surface area (Å²) in [6, 6.07) is 0. The Balaban J connectivity index is 3.71. The van der Waals surface area contributed by atoms with Gasteiger partial charge in [-0.1, -0.05) is 31.9 Å². The summed E-state index contributed by atoms with van der Waals surface area (Å²) >= 11 is 0. The molecule has 0 aromatic heterocycles. The minimum atomic E-state index is -0.185. The van der Waals surface area contributed by atoms with Gasteiger partial charge >= 0.3 is 0 Å². The number of hydrogen-bond acceptors (Lipinski definition) is 1. The maximum absolute atomic E-state index is 9.23. The van der Waals surface area contributed by atoms with Crippen LogP contribution in [0.4, 0.5) is 0 Å².